The summed E-state index contributed by atoms with van der Waals surface area (Å²) in [7, 11) is 0. The fourth-order valence-electron chi connectivity index (χ4n) is 1.32. The lowest BCUT2D eigenvalue weighted by molar-refractivity contribution is 0.103. The molecule has 4 nitrogen and oxygen atoms in total. The van der Waals surface area contributed by atoms with Crippen molar-refractivity contribution in [2.75, 3.05) is 5.73 Å². The van der Waals surface area contributed by atoms with E-state index in [1.54, 1.807) is 12.3 Å². The van der Waals surface area contributed by atoms with Gasteiger partial charge in [-0.15, -0.1) is 0 Å². The van der Waals surface area contributed by atoms with Crippen LogP contribution in [0.3, 0.4) is 0 Å². The Labute approximate surface area is 111 Å². The third-order valence-electron chi connectivity index (χ3n) is 2.10. The second kappa shape index (κ2) is 4.81. The van der Waals surface area contributed by atoms with Crippen LogP contribution in [0.2, 0.25) is 5.02 Å². The molecule has 0 amide bonds. The number of nitrogens with zero attached hydrogens (tertiary/aromatic N) is 2. The number of rotatable bonds is 2. The fourth-order valence-corrected chi connectivity index (χ4v) is 1.85. The van der Waals surface area contributed by atoms with Crippen LogP contribution in [-0.4, -0.2) is 15.8 Å². The topological polar surface area (TPSA) is 68.9 Å². The van der Waals surface area contributed by atoms with E-state index in [0.717, 1.165) is 4.47 Å². The molecule has 0 aliphatic carbocycles. The molecule has 2 aromatic heterocycles. The molecule has 0 aromatic carbocycles. The Hall–Kier alpha value is -1.46. The number of anilines is 1. The minimum Gasteiger partial charge on any atom is -0.383 e. The summed E-state index contributed by atoms with van der Waals surface area (Å²) in [5, 5.41) is 0.366. The molecule has 0 radical (unpaired) electrons. The molecular weight excluding hydrogens is 305 g/mol. The van der Waals surface area contributed by atoms with Crippen molar-refractivity contribution in [2.24, 2.45) is 0 Å². The van der Waals surface area contributed by atoms with Crippen LogP contribution >= 0.6 is 27.5 Å². The van der Waals surface area contributed by atoms with E-state index >= 15 is 0 Å². The van der Waals surface area contributed by atoms with Crippen LogP contribution in [-0.2, 0) is 0 Å². The number of nitrogens with two attached hydrogens (primary N) is 1. The minimum absolute atomic E-state index is 0.152. The van der Waals surface area contributed by atoms with Crippen molar-refractivity contribution < 1.29 is 4.79 Å². The number of halogens is 2. The maximum atomic E-state index is 12.1. The molecule has 0 bridgehead atoms. The summed E-state index contributed by atoms with van der Waals surface area (Å²) in [6.45, 7) is 0. The monoisotopic (exact) mass is 311 g/mol. The first-order valence-corrected chi connectivity index (χ1v) is 5.81. The van der Waals surface area contributed by atoms with Crippen molar-refractivity contribution in [3.63, 3.8) is 0 Å². The fraction of sp³-hybridized carbons (Fsp3) is 0. The van der Waals surface area contributed by atoms with Crippen molar-refractivity contribution >= 4 is 39.1 Å². The molecule has 0 aliphatic heterocycles. The number of carbonyl (C=O) groups is 1. The molecule has 0 unspecified atom stereocenters. The first kappa shape index (κ1) is 12.0. The number of carbonyl (C=O) groups excluding carboxylic acids is 1. The number of hydrogen-bond donors (Lipinski definition) is 1. The molecule has 2 rings (SSSR count). The highest BCUT2D eigenvalue weighted by molar-refractivity contribution is 9.10. The average Bonchev–Trinajstić information content (AvgIpc) is 2.31. The average molecular weight is 313 g/mol. The minimum atomic E-state index is -0.258. The van der Waals surface area contributed by atoms with Crippen LogP contribution in [0.5, 0.6) is 0 Å². The molecule has 0 saturated carbocycles. The smallest absolute Gasteiger partial charge is 0.198 e. The lowest BCUT2D eigenvalue weighted by Crippen LogP contribution is -2.07. The molecule has 2 aromatic rings. The van der Waals surface area contributed by atoms with Crippen LogP contribution in [0.1, 0.15) is 15.9 Å². The maximum absolute atomic E-state index is 12.1. The van der Waals surface area contributed by atoms with Crippen molar-refractivity contribution in [3.8, 4) is 0 Å². The molecule has 0 saturated heterocycles. The molecule has 17 heavy (non-hydrogen) atoms. The van der Waals surface area contributed by atoms with Gasteiger partial charge in [-0.05, 0) is 28.1 Å². The van der Waals surface area contributed by atoms with Crippen LogP contribution in [0.25, 0.3) is 0 Å². The summed E-state index contributed by atoms with van der Waals surface area (Å²) in [5.41, 5.74) is 6.34. The van der Waals surface area contributed by atoms with Gasteiger partial charge in [-0.1, -0.05) is 11.6 Å². The summed E-state index contributed by atoms with van der Waals surface area (Å²) in [6.07, 6.45) is 4.45. The van der Waals surface area contributed by atoms with E-state index in [1.165, 1.54) is 18.5 Å². The molecule has 0 atom stereocenters. The Bertz CT molecular complexity index is 589. The zero-order valence-electron chi connectivity index (χ0n) is 8.52. The molecule has 0 fully saturated rings. The van der Waals surface area contributed by atoms with E-state index < -0.39 is 0 Å². The Morgan fingerprint density at radius 2 is 2.06 bits per heavy atom. The summed E-state index contributed by atoms with van der Waals surface area (Å²) >= 11 is 9.03. The van der Waals surface area contributed by atoms with Crippen LogP contribution in [0.4, 0.5) is 5.82 Å². The number of nitrogen functional groups attached to an aromatic ring is 1. The van der Waals surface area contributed by atoms with Gasteiger partial charge in [0.1, 0.15) is 5.82 Å². The van der Waals surface area contributed by atoms with E-state index in [-0.39, 0.29) is 17.2 Å². The van der Waals surface area contributed by atoms with Gasteiger partial charge in [-0.25, -0.2) is 4.98 Å². The zero-order chi connectivity index (χ0) is 12.4. The molecular formula is C11H7BrClN3O. The standard InChI is InChI=1S/C11H7BrClN3O/c12-7-1-6(3-15-4-7)10(17)9-2-8(13)5-16-11(9)14/h1-5H,(H2,14,16). The van der Waals surface area contributed by atoms with E-state index in [0.29, 0.717) is 10.6 Å². The first-order chi connectivity index (χ1) is 8.08. The van der Waals surface area contributed by atoms with E-state index in [4.69, 9.17) is 17.3 Å². The molecule has 2 N–H and O–H groups in total. The van der Waals surface area contributed by atoms with Gasteiger partial charge in [0.25, 0.3) is 0 Å². The number of ketones is 1. The normalized spacial score (nSPS) is 10.2. The zero-order valence-corrected chi connectivity index (χ0v) is 10.9. The Morgan fingerprint density at radius 1 is 1.29 bits per heavy atom. The highest BCUT2D eigenvalue weighted by atomic mass is 79.9. The van der Waals surface area contributed by atoms with E-state index in [1.807, 2.05) is 0 Å². The van der Waals surface area contributed by atoms with Crippen LogP contribution < -0.4 is 5.73 Å². The maximum Gasteiger partial charge on any atom is 0.198 e. The summed E-state index contributed by atoms with van der Waals surface area (Å²) < 4.78 is 0.719. The lowest BCUT2D eigenvalue weighted by Gasteiger charge is -2.04. The van der Waals surface area contributed by atoms with E-state index in [2.05, 4.69) is 25.9 Å². The molecule has 0 spiro atoms. The summed E-state index contributed by atoms with van der Waals surface area (Å²) in [4.78, 5) is 19.9. The second-order valence-electron chi connectivity index (χ2n) is 3.31. The van der Waals surface area contributed by atoms with Gasteiger partial charge in [0.15, 0.2) is 5.78 Å². The van der Waals surface area contributed by atoms with Gasteiger partial charge in [-0.3, -0.25) is 9.78 Å². The molecule has 6 heteroatoms. The third-order valence-corrected chi connectivity index (χ3v) is 2.74. The second-order valence-corrected chi connectivity index (χ2v) is 4.66. The van der Waals surface area contributed by atoms with Gasteiger partial charge in [0, 0.05) is 28.6 Å². The van der Waals surface area contributed by atoms with Crippen molar-refractivity contribution in [2.45, 2.75) is 0 Å². The predicted octanol–water partition coefficient (Wildman–Crippen LogP) is 2.71. The summed E-state index contributed by atoms with van der Waals surface area (Å²) in [6, 6.07) is 3.16. The highest BCUT2D eigenvalue weighted by Gasteiger charge is 2.14. The molecule has 86 valence electrons. The number of pyridine rings is 2. The largest absolute Gasteiger partial charge is 0.383 e. The van der Waals surface area contributed by atoms with Crippen LogP contribution in [0.15, 0.2) is 35.2 Å². The van der Waals surface area contributed by atoms with E-state index in [9.17, 15) is 4.79 Å². The van der Waals surface area contributed by atoms with Crippen molar-refractivity contribution in [3.05, 3.63) is 51.3 Å². The number of aromatic nitrogens is 2. The van der Waals surface area contributed by atoms with Gasteiger partial charge >= 0.3 is 0 Å². The highest BCUT2D eigenvalue weighted by Crippen LogP contribution is 2.20. The third kappa shape index (κ3) is 2.62. The quantitative estimate of drug-likeness (QED) is 0.866. The molecule has 2 heterocycles. The Kier molecular flexibility index (Phi) is 3.40. The summed E-state index contributed by atoms with van der Waals surface area (Å²) in [5.74, 6) is -0.106. The van der Waals surface area contributed by atoms with Gasteiger partial charge in [-0.2, -0.15) is 0 Å². The van der Waals surface area contributed by atoms with Gasteiger partial charge in [0.05, 0.1) is 10.6 Å². The Morgan fingerprint density at radius 3 is 2.76 bits per heavy atom. The van der Waals surface area contributed by atoms with Crippen molar-refractivity contribution in [1.29, 1.82) is 0 Å². The van der Waals surface area contributed by atoms with Crippen molar-refractivity contribution in [1.82, 2.24) is 9.97 Å². The lowest BCUT2D eigenvalue weighted by atomic mass is 10.1. The Balaban J connectivity index is 2.47. The van der Waals surface area contributed by atoms with Gasteiger partial charge in [0.2, 0.25) is 0 Å². The molecule has 0 aliphatic rings. The SMILES string of the molecule is Nc1ncc(Cl)cc1C(=O)c1cncc(Br)c1. The predicted molar refractivity (Wildman–Crippen MR) is 69.0 cm³/mol. The first-order valence-electron chi connectivity index (χ1n) is 4.64. The number of hydrogen-bond acceptors (Lipinski definition) is 4. The van der Waals surface area contributed by atoms with Crippen LogP contribution in [0, 0.1) is 0 Å². The van der Waals surface area contributed by atoms with Gasteiger partial charge < -0.3 is 5.73 Å².